The van der Waals surface area contributed by atoms with Crippen LogP contribution >= 0.6 is 15.6 Å². The molecular weight excluding hydrogens is 1260 g/mol. The first-order valence-corrected chi connectivity index (χ1v) is 42.8. The number of hydrogen-bond donors (Lipinski definition) is 3. The van der Waals surface area contributed by atoms with Crippen LogP contribution in [0.1, 0.15) is 389 Å². The molecule has 0 aromatic rings. The summed E-state index contributed by atoms with van der Waals surface area (Å²) in [6.07, 6.45) is 51.6. The molecule has 0 aromatic heterocycles. The van der Waals surface area contributed by atoms with Crippen molar-refractivity contribution in [3.8, 4) is 0 Å². The van der Waals surface area contributed by atoms with Crippen LogP contribution in [0.2, 0.25) is 0 Å². The molecule has 3 N–H and O–H groups in total. The van der Waals surface area contributed by atoms with E-state index in [9.17, 15) is 43.2 Å². The van der Waals surface area contributed by atoms with Gasteiger partial charge in [0.2, 0.25) is 0 Å². The SMILES string of the molecule is CCC(C)CCCCCCCCCCCCCCCCCCCCC(=O)OC[C@H](COP(=O)(O)OCC(O)COP(=O)(O)OC[C@@H](COC(=O)CCCCCCCCCC(C)C)OC(=O)CCCCCCCCCC(C)C)OC(=O)CCCCCCCCCCCCC(C)CC. The maximum atomic E-state index is 13.1. The number of phosphoric ester groups is 2. The topological polar surface area (TPSA) is 237 Å². The van der Waals surface area contributed by atoms with E-state index in [-0.39, 0.29) is 25.7 Å². The summed E-state index contributed by atoms with van der Waals surface area (Å²) < 4.78 is 68.5. The predicted octanol–water partition coefficient (Wildman–Crippen LogP) is 22.4. The number of unbranched alkanes of at least 4 members (excludes halogenated alkanes) is 38. The minimum atomic E-state index is -4.96. The highest BCUT2D eigenvalue weighted by Gasteiger charge is 2.30. The predicted molar refractivity (Wildman–Crippen MR) is 391 cm³/mol. The fraction of sp³-hybridized carbons (Fsp3) is 0.948. The van der Waals surface area contributed by atoms with Crippen molar-refractivity contribution >= 4 is 39.5 Å². The molecule has 0 saturated carbocycles. The van der Waals surface area contributed by atoms with E-state index in [1.54, 1.807) is 0 Å². The lowest BCUT2D eigenvalue weighted by Crippen LogP contribution is -2.30. The molecule has 0 aliphatic heterocycles. The van der Waals surface area contributed by atoms with E-state index < -0.39 is 97.5 Å². The van der Waals surface area contributed by atoms with Crippen molar-refractivity contribution in [3.05, 3.63) is 0 Å². The van der Waals surface area contributed by atoms with Gasteiger partial charge in [-0.1, -0.05) is 338 Å². The van der Waals surface area contributed by atoms with Gasteiger partial charge in [0, 0.05) is 25.7 Å². The highest BCUT2D eigenvalue weighted by Crippen LogP contribution is 2.45. The first-order chi connectivity index (χ1) is 46.2. The van der Waals surface area contributed by atoms with Gasteiger partial charge < -0.3 is 33.8 Å². The van der Waals surface area contributed by atoms with Crippen molar-refractivity contribution in [1.82, 2.24) is 0 Å². The van der Waals surface area contributed by atoms with Crippen molar-refractivity contribution in [1.29, 1.82) is 0 Å². The molecule has 0 aliphatic carbocycles. The summed E-state index contributed by atoms with van der Waals surface area (Å²) in [6.45, 7) is 14.2. The second kappa shape index (κ2) is 66.3. The normalized spacial score (nSPS) is 14.7. The van der Waals surface area contributed by atoms with Gasteiger partial charge in [0.15, 0.2) is 12.2 Å². The zero-order chi connectivity index (χ0) is 71.0. The Morgan fingerprint density at radius 1 is 0.292 bits per heavy atom. The summed E-state index contributed by atoms with van der Waals surface area (Å²) in [4.78, 5) is 72.7. The third-order valence-corrected chi connectivity index (χ3v) is 20.4. The van der Waals surface area contributed by atoms with Crippen molar-refractivity contribution in [2.45, 2.75) is 408 Å². The number of carbonyl (C=O) groups is 4. The maximum Gasteiger partial charge on any atom is 0.472 e. The zero-order valence-corrected chi connectivity index (χ0v) is 64.8. The summed E-state index contributed by atoms with van der Waals surface area (Å²) >= 11 is 0. The number of esters is 4. The molecule has 17 nitrogen and oxygen atoms in total. The first kappa shape index (κ1) is 94.1. The van der Waals surface area contributed by atoms with Crippen LogP contribution in [0.15, 0.2) is 0 Å². The molecule has 0 amide bonds. The van der Waals surface area contributed by atoms with Crippen LogP contribution in [0.3, 0.4) is 0 Å². The second-order valence-corrected chi connectivity index (χ2v) is 32.1. The lowest BCUT2D eigenvalue weighted by molar-refractivity contribution is -0.161. The van der Waals surface area contributed by atoms with Gasteiger partial charge >= 0.3 is 39.5 Å². The molecule has 0 bridgehead atoms. The number of phosphoric acid groups is 2. The van der Waals surface area contributed by atoms with Gasteiger partial charge in [0.25, 0.3) is 0 Å². The van der Waals surface area contributed by atoms with Gasteiger partial charge in [-0.25, -0.2) is 9.13 Å². The van der Waals surface area contributed by atoms with E-state index in [1.165, 1.54) is 186 Å². The lowest BCUT2D eigenvalue weighted by atomic mass is 9.99. The van der Waals surface area contributed by atoms with Crippen molar-refractivity contribution in [3.63, 3.8) is 0 Å². The summed E-state index contributed by atoms with van der Waals surface area (Å²) in [5.74, 6) is 0.953. The molecule has 0 rings (SSSR count). The van der Waals surface area contributed by atoms with Crippen molar-refractivity contribution in [2.24, 2.45) is 23.7 Å². The summed E-state index contributed by atoms with van der Waals surface area (Å²) in [7, 11) is -9.91. The van der Waals surface area contributed by atoms with Crippen LogP contribution in [-0.2, 0) is 65.4 Å². The molecule has 0 radical (unpaired) electrons. The summed E-state index contributed by atoms with van der Waals surface area (Å²) in [5, 5.41) is 10.6. The zero-order valence-electron chi connectivity index (χ0n) is 63.0. The van der Waals surface area contributed by atoms with Gasteiger partial charge in [-0.15, -0.1) is 0 Å². The van der Waals surface area contributed by atoms with Crippen LogP contribution in [0, 0.1) is 23.7 Å². The van der Waals surface area contributed by atoms with Gasteiger partial charge in [-0.3, -0.25) is 37.3 Å². The Hall–Kier alpha value is -1.94. The van der Waals surface area contributed by atoms with Gasteiger partial charge in [0.05, 0.1) is 26.4 Å². The fourth-order valence-corrected chi connectivity index (χ4v) is 13.2. The standard InChI is InChI=1S/C77H150O17P2/c1-9-69(7)55-47-39-31-23-19-17-15-13-11-12-14-16-18-20-25-33-41-49-57-74(79)87-63-72(93-76(81)59-51-43-34-26-22-21-24-32-40-48-56-70(8)10-2)65-91-95(83,84)89-61-71(78)62-90-96(85,86)92-66-73(94-77(82)60-52-44-36-28-30-38-46-54-68(5)6)64-88-75(80)58-50-42-35-27-29-37-45-53-67(3)4/h67-73,78H,9-66H2,1-8H3,(H,83,84)(H,85,86)/t69?,70?,71?,72-,73-/m1/s1. The van der Waals surface area contributed by atoms with Crippen LogP contribution in [0.25, 0.3) is 0 Å². The molecule has 96 heavy (non-hydrogen) atoms. The number of ether oxygens (including phenoxy) is 4. The molecule has 0 aliphatic rings. The van der Waals surface area contributed by atoms with Crippen LogP contribution in [-0.4, -0.2) is 96.7 Å². The van der Waals surface area contributed by atoms with Crippen LogP contribution < -0.4 is 0 Å². The van der Waals surface area contributed by atoms with E-state index >= 15 is 0 Å². The fourth-order valence-electron chi connectivity index (χ4n) is 11.7. The molecule has 7 atom stereocenters. The van der Waals surface area contributed by atoms with Crippen molar-refractivity contribution < 1.29 is 80.2 Å². The van der Waals surface area contributed by atoms with Crippen LogP contribution in [0.5, 0.6) is 0 Å². The molecule has 0 fully saturated rings. The second-order valence-electron chi connectivity index (χ2n) is 29.2. The average molecular weight is 1410 g/mol. The largest absolute Gasteiger partial charge is 0.472 e. The molecule has 5 unspecified atom stereocenters. The lowest BCUT2D eigenvalue weighted by Gasteiger charge is -2.21. The molecule has 570 valence electrons. The highest BCUT2D eigenvalue weighted by molar-refractivity contribution is 7.47. The Bertz CT molecular complexity index is 1890. The Kier molecular flexibility index (Phi) is 65.0. The van der Waals surface area contributed by atoms with E-state index in [2.05, 4.69) is 55.4 Å². The summed E-state index contributed by atoms with van der Waals surface area (Å²) in [6, 6.07) is 0. The number of hydrogen-bond acceptors (Lipinski definition) is 15. The third-order valence-electron chi connectivity index (χ3n) is 18.5. The monoisotopic (exact) mass is 1410 g/mol. The third kappa shape index (κ3) is 67.9. The molecular formula is C77H150O17P2. The molecule has 0 heterocycles. The molecule has 0 spiro atoms. The molecule has 0 saturated heterocycles. The first-order valence-electron chi connectivity index (χ1n) is 39.8. The Balaban J connectivity index is 5.17. The summed E-state index contributed by atoms with van der Waals surface area (Å²) in [5.41, 5.74) is 0. The Morgan fingerprint density at radius 2 is 0.500 bits per heavy atom. The quantitative estimate of drug-likeness (QED) is 0.0222. The Morgan fingerprint density at radius 3 is 0.740 bits per heavy atom. The van der Waals surface area contributed by atoms with Gasteiger partial charge in [-0.2, -0.15) is 0 Å². The van der Waals surface area contributed by atoms with Crippen molar-refractivity contribution in [2.75, 3.05) is 39.6 Å². The van der Waals surface area contributed by atoms with E-state index in [1.807, 2.05) is 0 Å². The van der Waals surface area contributed by atoms with Gasteiger partial charge in [-0.05, 0) is 49.4 Å². The van der Waals surface area contributed by atoms with E-state index in [4.69, 9.17) is 37.0 Å². The number of aliphatic hydroxyl groups is 1. The minimum Gasteiger partial charge on any atom is -0.462 e. The molecule has 0 aromatic carbocycles. The minimum absolute atomic E-state index is 0.102. The van der Waals surface area contributed by atoms with E-state index in [0.717, 1.165) is 108 Å². The Labute approximate surface area is 588 Å². The smallest absolute Gasteiger partial charge is 0.462 e. The van der Waals surface area contributed by atoms with Crippen LogP contribution in [0.4, 0.5) is 0 Å². The van der Waals surface area contributed by atoms with E-state index in [0.29, 0.717) is 37.5 Å². The maximum absolute atomic E-state index is 13.1. The average Bonchev–Trinajstić information content (AvgIpc) is 2.12. The molecule has 19 heteroatoms. The highest BCUT2D eigenvalue weighted by atomic mass is 31.2. The number of rotatable bonds is 74. The number of carbonyl (C=O) groups excluding carboxylic acids is 4. The number of aliphatic hydroxyl groups excluding tert-OH is 1. The van der Waals surface area contributed by atoms with Gasteiger partial charge in [0.1, 0.15) is 19.3 Å².